The van der Waals surface area contributed by atoms with Crippen LogP contribution in [-0.2, 0) is 0 Å². The van der Waals surface area contributed by atoms with Crippen molar-refractivity contribution in [3.63, 3.8) is 0 Å². The zero-order valence-electron chi connectivity index (χ0n) is 9.51. The predicted molar refractivity (Wildman–Crippen MR) is 62.5 cm³/mol. The molecule has 0 radical (unpaired) electrons. The summed E-state index contributed by atoms with van der Waals surface area (Å²) in [5.41, 5.74) is 1.27. The maximum Gasteiger partial charge on any atom is 0.338 e. The second-order valence-electron chi connectivity index (χ2n) is 4.43. The number of aromatic nitrogens is 2. The van der Waals surface area contributed by atoms with Gasteiger partial charge in [0.2, 0.25) is 0 Å². The number of carboxylic acids is 1. The fourth-order valence-electron chi connectivity index (χ4n) is 1.95. The maximum atomic E-state index is 13.1. The average molecular weight is 246 g/mol. The van der Waals surface area contributed by atoms with Crippen LogP contribution in [0.3, 0.4) is 0 Å². The monoisotopic (exact) mass is 246 g/mol. The predicted octanol–water partition coefficient (Wildman–Crippen LogP) is 2.59. The first-order valence-electron chi connectivity index (χ1n) is 5.74. The van der Waals surface area contributed by atoms with Crippen molar-refractivity contribution in [1.82, 2.24) is 9.78 Å². The smallest absolute Gasteiger partial charge is 0.338 e. The summed E-state index contributed by atoms with van der Waals surface area (Å²) in [4.78, 5) is 11.1. The summed E-state index contributed by atoms with van der Waals surface area (Å²) >= 11 is 0. The topological polar surface area (TPSA) is 55.1 Å². The van der Waals surface area contributed by atoms with Crippen molar-refractivity contribution in [2.24, 2.45) is 0 Å². The Hall–Kier alpha value is -2.17. The van der Waals surface area contributed by atoms with Crippen LogP contribution in [0.15, 0.2) is 30.5 Å². The van der Waals surface area contributed by atoms with E-state index in [0.29, 0.717) is 11.6 Å². The summed E-state index contributed by atoms with van der Waals surface area (Å²) in [6.07, 6.45) is 3.98. The summed E-state index contributed by atoms with van der Waals surface area (Å²) < 4.78 is 14.6. The molecule has 0 bridgehead atoms. The highest BCUT2D eigenvalue weighted by Gasteiger charge is 2.26. The lowest BCUT2D eigenvalue weighted by Crippen LogP contribution is -2.06. The van der Waals surface area contributed by atoms with Crippen molar-refractivity contribution in [2.45, 2.75) is 18.8 Å². The van der Waals surface area contributed by atoms with Gasteiger partial charge in [0.1, 0.15) is 5.82 Å². The molecule has 1 aromatic carbocycles. The van der Waals surface area contributed by atoms with Gasteiger partial charge in [-0.3, -0.25) is 0 Å². The van der Waals surface area contributed by atoms with Crippen LogP contribution in [0.2, 0.25) is 0 Å². The van der Waals surface area contributed by atoms with Crippen LogP contribution >= 0.6 is 0 Å². The number of hydrogen-bond donors (Lipinski definition) is 1. The van der Waals surface area contributed by atoms with Crippen molar-refractivity contribution in [1.29, 1.82) is 0 Å². The van der Waals surface area contributed by atoms with Gasteiger partial charge in [-0.1, -0.05) is 0 Å². The van der Waals surface area contributed by atoms with E-state index < -0.39 is 11.8 Å². The minimum absolute atomic E-state index is 0.0829. The Morgan fingerprint density at radius 2 is 2.17 bits per heavy atom. The van der Waals surface area contributed by atoms with E-state index in [0.717, 1.165) is 24.6 Å². The lowest BCUT2D eigenvalue weighted by Gasteiger charge is -2.06. The van der Waals surface area contributed by atoms with Crippen LogP contribution in [0.4, 0.5) is 4.39 Å². The number of benzene rings is 1. The summed E-state index contributed by atoms with van der Waals surface area (Å²) in [5.74, 6) is -1.22. The van der Waals surface area contributed by atoms with Gasteiger partial charge in [0.25, 0.3) is 0 Å². The van der Waals surface area contributed by atoms with Crippen molar-refractivity contribution < 1.29 is 14.3 Å². The van der Waals surface area contributed by atoms with Gasteiger partial charge < -0.3 is 5.11 Å². The summed E-state index contributed by atoms with van der Waals surface area (Å²) in [6, 6.07) is 5.56. The number of carbonyl (C=O) groups is 1. The van der Waals surface area contributed by atoms with Crippen molar-refractivity contribution in [2.75, 3.05) is 0 Å². The largest absolute Gasteiger partial charge is 0.478 e. The molecule has 2 aromatic rings. The van der Waals surface area contributed by atoms with Crippen molar-refractivity contribution >= 4 is 5.97 Å². The first-order chi connectivity index (χ1) is 8.65. The normalized spacial score (nSPS) is 14.7. The number of nitrogens with zero attached hydrogens (tertiary/aromatic N) is 2. The standard InChI is InChI=1S/C13H11FN2O2/c14-9-3-4-12(10(7-9)13(17)18)16-6-5-11(15-16)8-1-2-8/h3-8H,1-2H2,(H,17,18). The molecule has 1 saturated carbocycles. The van der Waals surface area contributed by atoms with Gasteiger partial charge in [0.05, 0.1) is 16.9 Å². The fourth-order valence-corrected chi connectivity index (χ4v) is 1.95. The molecule has 1 fully saturated rings. The second kappa shape index (κ2) is 3.94. The first kappa shape index (κ1) is 11.0. The molecule has 92 valence electrons. The zero-order valence-corrected chi connectivity index (χ0v) is 9.51. The zero-order chi connectivity index (χ0) is 12.7. The van der Waals surface area contributed by atoms with Crippen LogP contribution < -0.4 is 0 Å². The Bertz CT molecular complexity index is 617. The van der Waals surface area contributed by atoms with Crippen molar-refractivity contribution in [3.8, 4) is 5.69 Å². The minimum Gasteiger partial charge on any atom is -0.478 e. The summed E-state index contributed by atoms with van der Waals surface area (Å²) in [6.45, 7) is 0. The first-order valence-corrected chi connectivity index (χ1v) is 5.74. The molecular formula is C13H11FN2O2. The Labute approximate surface area is 103 Å². The van der Waals surface area contributed by atoms with Crippen LogP contribution in [-0.4, -0.2) is 20.9 Å². The SMILES string of the molecule is O=C(O)c1cc(F)ccc1-n1ccc(C2CC2)n1. The van der Waals surface area contributed by atoms with Gasteiger partial charge in [0.15, 0.2) is 0 Å². The molecule has 0 spiro atoms. The molecule has 1 heterocycles. The number of aromatic carboxylic acids is 1. The minimum atomic E-state index is -1.16. The lowest BCUT2D eigenvalue weighted by molar-refractivity contribution is 0.0696. The average Bonchev–Trinajstić information content (AvgIpc) is 3.08. The molecule has 0 atom stereocenters. The Balaban J connectivity index is 2.06. The van der Waals surface area contributed by atoms with Crippen LogP contribution in [0.5, 0.6) is 0 Å². The second-order valence-corrected chi connectivity index (χ2v) is 4.43. The van der Waals surface area contributed by atoms with E-state index in [9.17, 15) is 9.18 Å². The molecule has 0 saturated heterocycles. The molecule has 18 heavy (non-hydrogen) atoms. The van der Waals surface area contributed by atoms with Crippen LogP contribution in [0, 0.1) is 5.82 Å². The van der Waals surface area contributed by atoms with E-state index in [1.165, 1.54) is 16.8 Å². The van der Waals surface area contributed by atoms with Gasteiger partial charge in [-0.05, 0) is 37.1 Å². The van der Waals surface area contributed by atoms with E-state index in [4.69, 9.17) is 5.11 Å². The fraction of sp³-hybridized carbons (Fsp3) is 0.231. The molecule has 4 nitrogen and oxygen atoms in total. The molecule has 0 unspecified atom stereocenters. The van der Waals surface area contributed by atoms with Crippen LogP contribution in [0.1, 0.15) is 34.8 Å². The molecule has 1 N–H and O–H groups in total. The molecule has 0 amide bonds. The molecule has 1 aliphatic carbocycles. The van der Waals surface area contributed by atoms with E-state index in [-0.39, 0.29) is 5.56 Å². The molecule has 3 rings (SSSR count). The van der Waals surface area contributed by atoms with Gasteiger partial charge in [-0.15, -0.1) is 0 Å². The highest BCUT2D eigenvalue weighted by molar-refractivity contribution is 5.91. The highest BCUT2D eigenvalue weighted by Crippen LogP contribution is 2.39. The third-order valence-electron chi connectivity index (χ3n) is 3.04. The Morgan fingerprint density at radius 3 is 2.83 bits per heavy atom. The quantitative estimate of drug-likeness (QED) is 0.905. The molecule has 5 heteroatoms. The molecule has 1 aliphatic rings. The van der Waals surface area contributed by atoms with E-state index in [1.54, 1.807) is 6.20 Å². The molecule has 1 aromatic heterocycles. The summed E-state index contributed by atoms with van der Waals surface area (Å²) in [7, 11) is 0. The van der Waals surface area contributed by atoms with Gasteiger partial charge in [0, 0.05) is 12.1 Å². The Kier molecular flexibility index (Phi) is 2.40. The number of carboxylic acid groups (broad SMARTS) is 1. The van der Waals surface area contributed by atoms with E-state index in [1.807, 2.05) is 6.07 Å². The van der Waals surface area contributed by atoms with Crippen LogP contribution in [0.25, 0.3) is 5.69 Å². The molecular weight excluding hydrogens is 235 g/mol. The van der Waals surface area contributed by atoms with Crippen molar-refractivity contribution in [3.05, 3.63) is 47.5 Å². The van der Waals surface area contributed by atoms with E-state index in [2.05, 4.69) is 5.10 Å². The lowest BCUT2D eigenvalue weighted by atomic mass is 10.2. The third-order valence-corrected chi connectivity index (χ3v) is 3.04. The third kappa shape index (κ3) is 1.88. The number of hydrogen-bond acceptors (Lipinski definition) is 2. The highest BCUT2D eigenvalue weighted by atomic mass is 19.1. The van der Waals surface area contributed by atoms with E-state index >= 15 is 0 Å². The number of rotatable bonds is 3. The Morgan fingerprint density at radius 1 is 1.39 bits per heavy atom. The van der Waals surface area contributed by atoms with Gasteiger partial charge in [-0.25, -0.2) is 13.9 Å². The molecule has 0 aliphatic heterocycles. The maximum absolute atomic E-state index is 13.1. The summed E-state index contributed by atoms with van der Waals surface area (Å²) in [5, 5.41) is 13.4. The van der Waals surface area contributed by atoms with Gasteiger partial charge >= 0.3 is 5.97 Å². The van der Waals surface area contributed by atoms with Gasteiger partial charge in [-0.2, -0.15) is 5.10 Å². The number of halogens is 1.